The van der Waals surface area contributed by atoms with Crippen LogP contribution in [0.5, 0.6) is 0 Å². The third-order valence-corrected chi connectivity index (χ3v) is 4.71. The summed E-state index contributed by atoms with van der Waals surface area (Å²) >= 11 is 1.33. The van der Waals surface area contributed by atoms with E-state index in [1.165, 1.54) is 28.4 Å². The summed E-state index contributed by atoms with van der Waals surface area (Å²) in [5.41, 5.74) is 0.774. The molecular weight excluding hydrogens is 369 g/mol. The molecule has 0 unspecified atom stereocenters. The average Bonchev–Trinajstić information content (AvgIpc) is 3.20. The van der Waals surface area contributed by atoms with E-state index >= 15 is 0 Å². The lowest BCUT2D eigenvalue weighted by Crippen LogP contribution is -2.41. The van der Waals surface area contributed by atoms with Gasteiger partial charge < -0.3 is 15.5 Å². The molecule has 0 aliphatic rings. The number of likely N-dealkylation sites (N-methyl/N-ethyl adjacent to an activating group) is 1. The summed E-state index contributed by atoms with van der Waals surface area (Å²) in [6.07, 6.45) is 0.121. The van der Waals surface area contributed by atoms with Crippen LogP contribution in [-0.4, -0.2) is 42.3 Å². The van der Waals surface area contributed by atoms with Gasteiger partial charge in [-0.05, 0) is 36.1 Å². The number of benzene rings is 1. The number of nitrogens with one attached hydrogen (secondary N) is 2. The van der Waals surface area contributed by atoms with Crippen LogP contribution in [0.25, 0.3) is 0 Å². The molecule has 0 aliphatic carbocycles. The molecule has 144 valence electrons. The molecule has 0 saturated carbocycles. The van der Waals surface area contributed by atoms with Crippen molar-refractivity contribution in [3.05, 3.63) is 58.0 Å². The van der Waals surface area contributed by atoms with Crippen LogP contribution < -0.4 is 10.6 Å². The van der Waals surface area contributed by atoms with E-state index in [2.05, 4.69) is 10.6 Å². The molecule has 0 aliphatic heterocycles. The highest BCUT2D eigenvalue weighted by atomic mass is 32.1. The van der Waals surface area contributed by atoms with Crippen LogP contribution in [0.3, 0.4) is 0 Å². The number of amides is 3. The zero-order chi connectivity index (χ0) is 19.6. The molecule has 6 nitrogen and oxygen atoms in total. The van der Waals surface area contributed by atoms with Gasteiger partial charge in [0.25, 0.3) is 5.91 Å². The normalized spacial score (nSPS) is 10.3. The molecule has 3 amide bonds. The molecule has 0 radical (unpaired) electrons. The summed E-state index contributed by atoms with van der Waals surface area (Å²) in [5, 5.41) is 7.21. The maximum absolute atomic E-state index is 12.9. The van der Waals surface area contributed by atoms with Gasteiger partial charge in [0.2, 0.25) is 11.8 Å². The number of rotatable bonds is 9. The Morgan fingerprint density at radius 1 is 1.11 bits per heavy atom. The molecule has 2 aromatic rings. The minimum Gasteiger partial charge on any atom is -0.351 e. The fourth-order valence-corrected chi connectivity index (χ4v) is 2.98. The Hall–Kier alpha value is -2.74. The molecule has 1 heterocycles. The second-order valence-electron chi connectivity index (χ2n) is 5.79. The molecule has 0 bridgehead atoms. The highest BCUT2D eigenvalue weighted by Gasteiger charge is 2.16. The maximum Gasteiger partial charge on any atom is 0.261 e. The van der Waals surface area contributed by atoms with E-state index in [9.17, 15) is 18.8 Å². The number of thiophene rings is 1. The molecule has 8 heteroatoms. The van der Waals surface area contributed by atoms with Gasteiger partial charge >= 0.3 is 0 Å². The van der Waals surface area contributed by atoms with Crippen LogP contribution in [0.1, 0.15) is 28.6 Å². The zero-order valence-corrected chi connectivity index (χ0v) is 15.9. The Balaban J connectivity index is 1.72. The Kier molecular flexibility index (Phi) is 7.94. The number of carbonyl (C=O) groups is 3. The second kappa shape index (κ2) is 10.4. The highest BCUT2D eigenvalue weighted by molar-refractivity contribution is 7.12. The fraction of sp³-hybridized carbons (Fsp3) is 0.316. The lowest BCUT2D eigenvalue weighted by Gasteiger charge is -2.20. The van der Waals surface area contributed by atoms with E-state index < -0.39 is 0 Å². The smallest absolute Gasteiger partial charge is 0.261 e. The predicted molar refractivity (Wildman–Crippen MR) is 102 cm³/mol. The Bertz CT molecular complexity index is 763. The summed E-state index contributed by atoms with van der Waals surface area (Å²) in [6, 6.07) is 9.34. The van der Waals surface area contributed by atoms with Crippen molar-refractivity contribution in [3.8, 4) is 0 Å². The van der Waals surface area contributed by atoms with Crippen LogP contribution in [-0.2, 0) is 16.1 Å². The average molecular weight is 391 g/mol. The quantitative estimate of drug-likeness (QED) is 0.688. The maximum atomic E-state index is 12.9. The molecule has 0 fully saturated rings. The van der Waals surface area contributed by atoms with Crippen molar-refractivity contribution < 1.29 is 18.8 Å². The summed E-state index contributed by atoms with van der Waals surface area (Å²) in [6.45, 7) is 2.59. The summed E-state index contributed by atoms with van der Waals surface area (Å²) < 4.78 is 12.9. The second-order valence-corrected chi connectivity index (χ2v) is 6.74. The van der Waals surface area contributed by atoms with Crippen LogP contribution >= 0.6 is 11.3 Å². The van der Waals surface area contributed by atoms with Crippen molar-refractivity contribution >= 4 is 29.1 Å². The topological polar surface area (TPSA) is 78.5 Å². The molecule has 0 saturated heterocycles. The third kappa shape index (κ3) is 6.82. The van der Waals surface area contributed by atoms with Gasteiger partial charge in [-0.25, -0.2) is 4.39 Å². The molecule has 2 N–H and O–H groups in total. The van der Waals surface area contributed by atoms with Gasteiger partial charge in [0, 0.05) is 26.1 Å². The van der Waals surface area contributed by atoms with Crippen molar-refractivity contribution in [3.63, 3.8) is 0 Å². The lowest BCUT2D eigenvalue weighted by molar-refractivity contribution is -0.135. The molecule has 27 heavy (non-hydrogen) atoms. The first kappa shape index (κ1) is 20.6. The van der Waals surface area contributed by atoms with Crippen molar-refractivity contribution in [1.29, 1.82) is 0 Å². The van der Waals surface area contributed by atoms with Crippen molar-refractivity contribution in [1.82, 2.24) is 15.5 Å². The van der Waals surface area contributed by atoms with Crippen LogP contribution in [0.15, 0.2) is 41.8 Å². The van der Waals surface area contributed by atoms with Crippen molar-refractivity contribution in [2.75, 3.05) is 19.6 Å². The first-order chi connectivity index (χ1) is 13.0. The first-order valence-electron chi connectivity index (χ1n) is 8.60. The fourth-order valence-electron chi connectivity index (χ4n) is 2.34. The van der Waals surface area contributed by atoms with E-state index in [0.29, 0.717) is 11.4 Å². The van der Waals surface area contributed by atoms with Crippen LogP contribution in [0, 0.1) is 5.82 Å². The number of nitrogens with zero attached hydrogens (tertiary/aromatic N) is 1. The molecule has 1 aromatic heterocycles. The Morgan fingerprint density at radius 3 is 2.48 bits per heavy atom. The van der Waals surface area contributed by atoms with Crippen molar-refractivity contribution in [2.45, 2.75) is 19.9 Å². The number of hydrogen-bond acceptors (Lipinski definition) is 4. The molecule has 2 rings (SSSR count). The third-order valence-electron chi connectivity index (χ3n) is 3.84. The SMILES string of the molecule is CCN(CC(=O)NCc1ccc(F)cc1)C(=O)CCNC(=O)c1cccs1. The van der Waals surface area contributed by atoms with E-state index in [1.807, 2.05) is 5.38 Å². The molecule has 0 atom stereocenters. The van der Waals surface area contributed by atoms with Gasteiger partial charge in [-0.3, -0.25) is 14.4 Å². The van der Waals surface area contributed by atoms with Crippen LogP contribution in [0.4, 0.5) is 4.39 Å². The van der Waals surface area contributed by atoms with Gasteiger partial charge in [-0.2, -0.15) is 0 Å². The number of halogens is 1. The monoisotopic (exact) mass is 391 g/mol. The van der Waals surface area contributed by atoms with Gasteiger partial charge in [0.15, 0.2) is 0 Å². The summed E-state index contributed by atoms with van der Waals surface area (Å²) in [7, 11) is 0. The first-order valence-corrected chi connectivity index (χ1v) is 9.48. The van der Waals surface area contributed by atoms with E-state index in [0.717, 1.165) is 5.56 Å². The summed E-state index contributed by atoms with van der Waals surface area (Å²) in [5.74, 6) is -1.05. The standard InChI is InChI=1S/C19H22FN3O3S/c1-2-23(13-17(24)22-12-14-5-7-15(20)8-6-14)18(25)9-10-21-19(26)16-4-3-11-27-16/h3-8,11H,2,9-10,12-13H2,1H3,(H,21,26)(H,22,24). The number of carbonyl (C=O) groups excluding carboxylic acids is 3. The minimum atomic E-state index is -0.334. The van der Waals surface area contributed by atoms with E-state index in [-0.39, 0.29) is 49.6 Å². The van der Waals surface area contributed by atoms with Crippen LogP contribution in [0.2, 0.25) is 0 Å². The van der Waals surface area contributed by atoms with E-state index in [1.54, 1.807) is 31.2 Å². The van der Waals surface area contributed by atoms with E-state index in [4.69, 9.17) is 0 Å². The summed E-state index contributed by atoms with van der Waals surface area (Å²) in [4.78, 5) is 38.1. The minimum absolute atomic E-state index is 0.0601. The predicted octanol–water partition coefficient (Wildman–Crippen LogP) is 2.17. The lowest BCUT2D eigenvalue weighted by atomic mass is 10.2. The Morgan fingerprint density at radius 2 is 1.85 bits per heavy atom. The number of hydrogen-bond donors (Lipinski definition) is 2. The molecule has 0 spiro atoms. The molecular formula is C19H22FN3O3S. The zero-order valence-electron chi connectivity index (χ0n) is 15.0. The van der Waals surface area contributed by atoms with Gasteiger partial charge in [0.05, 0.1) is 11.4 Å². The largest absolute Gasteiger partial charge is 0.351 e. The van der Waals surface area contributed by atoms with Crippen molar-refractivity contribution in [2.24, 2.45) is 0 Å². The Labute approximate surface area is 161 Å². The van der Waals surface area contributed by atoms with Gasteiger partial charge in [-0.1, -0.05) is 18.2 Å². The van der Waals surface area contributed by atoms with Gasteiger partial charge in [0.1, 0.15) is 5.82 Å². The molecule has 1 aromatic carbocycles. The van der Waals surface area contributed by atoms with Gasteiger partial charge in [-0.15, -0.1) is 11.3 Å². The highest BCUT2D eigenvalue weighted by Crippen LogP contribution is 2.07.